The molecule has 0 spiro atoms. The Morgan fingerprint density at radius 1 is 0.568 bits per heavy atom. The summed E-state index contributed by atoms with van der Waals surface area (Å²) in [5, 5.41) is 18.5. The third-order valence-electron chi connectivity index (χ3n) is 16.2. The Morgan fingerprint density at radius 3 is 1.42 bits per heavy atom. The second-order valence-electron chi connectivity index (χ2n) is 28.2. The maximum Gasteiger partial charge on any atom is 0.164 e. The SMILES string of the molecule is CCC(C)(CC)C(=O)/C=C(\O)C(C)(CC)CC.[2H]c1nc2c3c(cc(CC(C)(C)C)cc3c1[2H])Sc1c-2[c-]c2cc(C)ccc2c1CC(C)(C)C.[2H]c1nc2c3c(cc(CC(C)(C)C)cc3c1[2H])Sc1c-2[c-]c2ccccc2c1CC(C)(C)C.[Ir]. The molecule has 0 fully saturated rings. The van der Waals surface area contributed by atoms with E-state index in [0.29, 0.717) is 0 Å². The molecule has 7 heteroatoms. The molecule has 2 aliphatic rings. The molecular formula is C74H90IrN2O2S2-2. The first-order chi connectivity index (χ1) is 39.0. The fourth-order valence-electron chi connectivity index (χ4n) is 11.1. The minimum Gasteiger partial charge on any atom is -0.512 e. The molecule has 0 atom stereocenters. The average molecular weight is 1300 g/mol. The number of rotatable bonds is 11. The number of aliphatic hydroxyl groups is 1. The van der Waals surface area contributed by atoms with Crippen LogP contribution in [0, 0.1) is 51.5 Å². The number of allylic oxidation sites excluding steroid dienone is 2. The van der Waals surface area contributed by atoms with Gasteiger partial charge in [-0.15, -0.1) is 58.6 Å². The van der Waals surface area contributed by atoms with Crippen LogP contribution in [0.15, 0.2) is 123 Å². The normalized spacial score (nSPS) is 14.2. The van der Waals surface area contributed by atoms with E-state index in [1.807, 2.05) is 41.5 Å². The molecule has 4 nitrogen and oxygen atoms in total. The second-order valence-corrected chi connectivity index (χ2v) is 30.3. The summed E-state index contributed by atoms with van der Waals surface area (Å²) in [7, 11) is 0. The molecule has 81 heavy (non-hydrogen) atoms. The van der Waals surface area contributed by atoms with Gasteiger partial charge in [0.2, 0.25) is 0 Å². The monoisotopic (exact) mass is 1300 g/mol. The summed E-state index contributed by atoms with van der Waals surface area (Å²) in [5.41, 5.74) is 9.81. The molecule has 0 saturated heterocycles. The molecule has 8 aromatic rings. The van der Waals surface area contributed by atoms with Crippen molar-refractivity contribution < 1.29 is 35.5 Å². The fraction of sp³-hybridized carbons (Fsp3) is 0.446. The van der Waals surface area contributed by atoms with E-state index in [4.69, 9.17) is 5.48 Å². The topological polar surface area (TPSA) is 63.1 Å². The number of ketones is 1. The van der Waals surface area contributed by atoms with Gasteiger partial charge in [-0.25, -0.2) is 0 Å². The molecule has 0 saturated carbocycles. The van der Waals surface area contributed by atoms with Crippen LogP contribution < -0.4 is 0 Å². The Kier molecular flexibility index (Phi) is 17.5. The number of aromatic nitrogens is 2. The molecule has 2 aromatic heterocycles. The van der Waals surface area contributed by atoms with E-state index < -0.39 is 0 Å². The zero-order valence-electron chi connectivity index (χ0n) is 56.0. The van der Waals surface area contributed by atoms with Crippen molar-refractivity contribution in [1.82, 2.24) is 9.97 Å². The molecule has 0 amide bonds. The third kappa shape index (κ3) is 14.4. The number of hydrogen-bond acceptors (Lipinski definition) is 6. The molecule has 6 aromatic carbocycles. The van der Waals surface area contributed by atoms with E-state index in [0.717, 1.165) is 116 Å². The van der Waals surface area contributed by atoms with Crippen LogP contribution in [-0.4, -0.2) is 20.9 Å². The van der Waals surface area contributed by atoms with Crippen LogP contribution in [0.4, 0.5) is 0 Å². The van der Waals surface area contributed by atoms with Gasteiger partial charge in [0.05, 0.1) is 5.48 Å². The minimum atomic E-state index is -0.337. The van der Waals surface area contributed by atoms with Crippen LogP contribution in [0.2, 0.25) is 0 Å². The molecule has 431 valence electrons. The number of benzene rings is 6. The van der Waals surface area contributed by atoms with Crippen LogP contribution in [-0.2, 0) is 50.6 Å². The largest absolute Gasteiger partial charge is 0.512 e. The standard InChI is InChI=1S/C30H32NS.C29H30NS.C15H28O2.Ir/c1-18-8-9-22-21(12-18)15-23-27-26-20(10-11-31-27)13-19(16-29(2,3)4)14-25(26)32-28(23)24(22)17-30(5,6)7;1-28(2,3)16-18-13-20-11-12-30-26-22-15-19-9-7-8-10-21(19)23(17-29(4,5)6)27(22)31-24(14-18)25(20)26;1-7-14(5,8-2)12(16)11-13(17)15(6,9-3)10-4;/h8-14H,16-17H2,1-7H3;7-14H,16-17H2,1-6H3;11,16H,7-10H2,1-6H3;/q2*-1;;/b;;12-11-;/i10D,11D;11D,12D;;. The van der Waals surface area contributed by atoms with Crippen molar-refractivity contribution in [3.63, 3.8) is 0 Å². The summed E-state index contributed by atoms with van der Waals surface area (Å²) in [6.07, 6.45) is 8.56. The summed E-state index contributed by atoms with van der Waals surface area (Å²) in [6.45, 7) is 41.3. The number of carbonyl (C=O) groups excluding carboxylic acids is 1. The van der Waals surface area contributed by atoms with Crippen LogP contribution >= 0.6 is 23.5 Å². The molecule has 1 N–H and O–H groups in total. The Hall–Kier alpha value is -4.78. The van der Waals surface area contributed by atoms with E-state index in [9.17, 15) is 9.90 Å². The number of aryl methyl sites for hydroxylation is 1. The number of fused-ring (bicyclic) bond motifs is 6. The maximum atomic E-state index is 12.2. The van der Waals surface area contributed by atoms with E-state index in [-0.39, 0.29) is 88.6 Å². The zero-order chi connectivity index (χ0) is 62.0. The molecule has 0 unspecified atom stereocenters. The fourth-order valence-corrected chi connectivity index (χ4v) is 13.7. The molecule has 10 rings (SSSR count). The van der Waals surface area contributed by atoms with Gasteiger partial charge in [-0.3, -0.25) is 14.8 Å². The van der Waals surface area contributed by atoms with Gasteiger partial charge in [0.1, 0.15) is 5.76 Å². The van der Waals surface area contributed by atoms with Crippen LogP contribution in [0.5, 0.6) is 0 Å². The number of aliphatic hydroxyl groups excluding tert-OH is 1. The Labute approximate surface area is 515 Å². The third-order valence-corrected chi connectivity index (χ3v) is 18.6. The summed E-state index contributed by atoms with van der Waals surface area (Å²) in [6, 6.07) is 31.7. The van der Waals surface area contributed by atoms with Gasteiger partial charge < -0.3 is 5.11 Å². The van der Waals surface area contributed by atoms with Crippen LogP contribution in [0.1, 0.15) is 184 Å². The quantitative estimate of drug-likeness (QED) is 0.0791. The number of carbonyl (C=O) groups is 1. The van der Waals surface area contributed by atoms with Crippen LogP contribution in [0.3, 0.4) is 0 Å². The van der Waals surface area contributed by atoms with E-state index in [1.54, 1.807) is 23.5 Å². The van der Waals surface area contributed by atoms with Crippen LogP contribution in [0.25, 0.3) is 65.6 Å². The summed E-state index contributed by atoms with van der Waals surface area (Å²) >= 11 is 3.60. The van der Waals surface area contributed by atoms with Gasteiger partial charge >= 0.3 is 0 Å². The minimum absolute atomic E-state index is 0. The predicted molar refractivity (Wildman–Crippen MR) is 346 cm³/mol. The van der Waals surface area contributed by atoms with Crippen molar-refractivity contribution in [1.29, 1.82) is 0 Å². The smallest absolute Gasteiger partial charge is 0.164 e. The second kappa shape index (κ2) is 24.4. The van der Waals surface area contributed by atoms with Crippen molar-refractivity contribution >= 4 is 72.4 Å². The molecule has 0 bridgehead atoms. The maximum absolute atomic E-state index is 12.2. The van der Waals surface area contributed by atoms with Crippen molar-refractivity contribution in [2.24, 2.45) is 32.5 Å². The number of hydrogen-bond donors (Lipinski definition) is 1. The first kappa shape index (κ1) is 58.0. The molecule has 4 heterocycles. The van der Waals surface area contributed by atoms with E-state index in [1.165, 1.54) is 54.5 Å². The van der Waals surface area contributed by atoms with Gasteiger partial charge in [-0.05, 0) is 147 Å². The Morgan fingerprint density at radius 2 is 0.988 bits per heavy atom. The zero-order valence-corrected chi connectivity index (χ0v) is 56.0. The molecule has 2 aliphatic heterocycles. The van der Waals surface area contributed by atoms with Gasteiger partial charge in [0, 0.05) is 70.5 Å². The van der Waals surface area contributed by atoms with Gasteiger partial charge in [0.15, 0.2) is 5.78 Å². The first-order valence-electron chi connectivity index (χ1n) is 31.2. The molecule has 1 radical (unpaired) electrons. The average Bonchev–Trinajstić information content (AvgIpc) is 0.790. The van der Waals surface area contributed by atoms with Crippen molar-refractivity contribution in [2.45, 2.75) is 202 Å². The van der Waals surface area contributed by atoms with E-state index >= 15 is 0 Å². The number of nitrogens with zero attached hydrogens (tertiary/aromatic N) is 2. The van der Waals surface area contributed by atoms with Gasteiger partial charge in [-0.1, -0.05) is 206 Å². The first-order valence-corrected chi connectivity index (χ1v) is 30.8. The van der Waals surface area contributed by atoms with E-state index in [2.05, 4.69) is 179 Å². The number of pyridine rings is 2. The predicted octanol–water partition coefficient (Wildman–Crippen LogP) is 21.9. The van der Waals surface area contributed by atoms with Gasteiger partial charge in [-0.2, -0.15) is 0 Å². The summed E-state index contributed by atoms with van der Waals surface area (Å²) in [4.78, 5) is 26.2. The Bertz CT molecular complexity index is 3910. The summed E-state index contributed by atoms with van der Waals surface area (Å²) in [5.74, 6) is 0.286. The van der Waals surface area contributed by atoms with Crippen molar-refractivity contribution in [3.8, 4) is 22.5 Å². The molecular weight excluding hydrogens is 1210 g/mol. The Balaban J connectivity index is 0.000000192. The van der Waals surface area contributed by atoms with Crippen molar-refractivity contribution in [2.75, 3.05) is 0 Å². The summed E-state index contributed by atoms with van der Waals surface area (Å²) < 4.78 is 34.2. The van der Waals surface area contributed by atoms with Crippen molar-refractivity contribution in [3.05, 3.63) is 143 Å². The molecule has 0 aliphatic carbocycles. The van der Waals surface area contributed by atoms with Gasteiger partial charge in [0.25, 0.3) is 0 Å².